The van der Waals surface area contributed by atoms with Gasteiger partial charge in [0.15, 0.2) is 0 Å². The molecule has 0 unspecified atom stereocenters. The zero-order valence-electron chi connectivity index (χ0n) is 9.37. The first-order valence-electron chi connectivity index (χ1n) is 5.18. The van der Waals surface area contributed by atoms with Crippen LogP contribution in [0, 0.1) is 0 Å². The van der Waals surface area contributed by atoms with Crippen LogP contribution in [0.4, 0.5) is 5.69 Å². The van der Waals surface area contributed by atoms with Gasteiger partial charge in [-0.2, -0.15) is 0 Å². The highest BCUT2D eigenvalue weighted by atomic mass is 32.1. The van der Waals surface area contributed by atoms with E-state index in [0.717, 1.165) is 17.8 Å². The standard InChI is InChI=1S/C12H17NS2/c1-4-13-11-9(8(2)3)6-5-7-10(11)12(14)15/h5-8,13H,4H2,1-3H3,(H,14,15). The van der Waals surface area contributed by atoms with E-state index in [9.17, 15) is 0 Å². The molecule has 1 N–H and O–H groups in total. The number of thiocarbonyl (C=S) groups is 1. The van der Waals surface area contributed by atoms with Crippen molar-refractivity contribution in [2.24, 2.45) is 0 Å². The number of hydrogen-bond donors (Lipinski definition) is 2. The Morgan fingerprint density at radius 1 is 1.47 bits per heavy atom. The maximum absolute atomic E-state index is 5.13. The second-order valence-corrected chi connectivity index (χ2v) is 4.92. The third kappa shape index (κ3) is 2.95. The molecule has 0 amide bonds. The van der Waals surface area contributed by atoms with E-state index < -0.39 is 0 Å². The van der Waals surface area contributed by atoms with Gasteiger partial charge in [0, 0.05) is 17.8 Å². The Morgan fingerprint density at radius 2 is 2.13 bits per heavy atom. The van der Waals surface area contributed by atoms with Gasteiger partial charge in [0.05, 0.1) is 4.20 Å². The minimum atomic E-state index is 0.488. The molecule has 1 nitrogen and oxygen atoms in total. The van der Waals surface area contributed by atoms with Gasteiger partial charge in [-0.3, -0.25) is 0 Å². The first-order chi connectivity index (χ1) is 7.07. The summed E-state index contributed by atoms with van der Waals surface area (Å²) in [4.78, 5) is 0. The highest BCUT2D eigenvalue weighted by molar-refractivity contribution is 8.11. The maximum Gasteiger partial charge on any atom is 0.0768 e. The van der Waals surface area contributed by atoms with E-state index in [2.05, 4.69) is 44.8 Å². The van der Waals surface area contributed by atoms with Crippen LogP contribution in [0.3, 0.4) is 0 Å². The molecule has 1 rings (SSSR count). The number of nitrogens with one attached hydrogen (secondary N) is 1. The Hall–Kier alpha value is -0.540. The summed E-state index contributed by atoms with van der Waals surface area (Å²) in [5.41, 5.74) is 3.46. The molecule has 3 heteroatoms. The summed E-state index contributed by atoms with van der Waals surface area (Å²) >= 11 is 9.39. The van der Waals surface area contributed by atoms with Gasteiger partial charge >= 0.3 is 0 Å². The number of thiol groups is 1. The van der Waals surface area contributed by atoms with Gasteiger partial charge in [-0.05, 0) is 18.4 Å². The van der Waals surface area contributed by atoms with Crippen LogP contribution in [0.25, 0.3) is 0 Å². The predicted molar refractivity (Wildman–Crippen MR) is 75.4 cm³/mol. The zero-order chi connectivity index (χ0) is 11.4. The molecule has 0 aliphatic heterocycles. The molecular formula is C12H17NS2. The van der Waals surface area contributed by atoms with Crippen molar-refractivity contribution in [3.05, 3.63) is 29.3 Å². The van der Waals surface area contributed by atoms with Gasteiger partial charge in [0.25, 0.3) is 0 Å². The first kappa shape index (κ1) is 12.5. The lowest BCUT2D eigenvalue weighted by atomic mass is 9.98. The molecule has 0 radical (unpaired) electrons. The van der Waals surface area contributed by atoms with Crippen molar-refractivity contribution >= 4 is 34.7 Å². The summed E-state index contributed by atoms with van der Waals surface area (Å²) in [7, 11) is 0. The lowest BCUT2D eigenvalue weighted by Crippen LogP contribution is -2.07. The Bertz CT molecular complexity index is 359. The van der Waals surface area contributed by atoms with E-state index in [4.69, 9.17) is 12.2 Å². The summed E-state index contributed by atoms with van der Waals surface area (Å²) in [5.74, 6) is 0.488. The summed E-state index contributed by atoms with van der Waals surface area (Å²) in [6, 6.07) is 6.19. The second kappa shape index (κ2) is 5.52. The molecule has 0 heterocycles. The Balaban J connectivity index is 3.28. The zero-order valence-corrected chi connectivity index (χ0v) is 11.1. The van der Waals surface area contributed by atoms with Gasteiger partial charge in [-0.1, -0.05) is 44.3 Å². The number of rotatable bonds is 4. The van der Waals surface area contributed by atoms with Crippen LogP contribution in [-0.4, -0.2) is 10.7 Å². The normalized spacial score (nSPS) is 10.5. The molecule has 0 fully saturated rings. The third-order valence-electron chi connectivity index (χ3n) is 2.30. The fourth-order valence-corrected chi connectivity index (χ4v) is 1.96. The number of hydrogen-bond acceptors (Lipinski definition) is 2. The van der Waals surface area contributed by atoms with Crippen LogP contribution < -0.4 is 5.32 Å². The second-order valence-electron chi connectivity index (χ2n) is 3.76. The molecule has 0 aromatic heterocycles. The smallest absolute Gasteiger partial charge is 0.0768 e. The molecule has 0 aliphatic carbocycles. The van der Waals surface area contributed by atoms with Crippen LogP contribution in [0.15, 0.2) is 18.2 Å². The summed E-state index contributed by atoms with van der Waals surface area (Å²) in [5, 5.41) is 3.37. The Labute approximate surface area is 103 Å². The van der Waals surface area contributed by atoms with Crippen LogP contribution in [0.5, 0.6) is 0 Å². The van der Waals surface area contributed by atoms with Crippen LogP contribution in [0.1, 0.15) is 37.8 Å². The van der Waals surface area contributed by atoms with Gasteiger partial charge < -0.3 is 5.32 Å². The van der Waals surface area contributed by atoms with Crippen LogP contribution >= 0.6 is 24.8 Å². The van der Waals surface area contributed by atoms with Crippen molar-refractivity contribution in [3.8, 4) is 0 Å². The largest absolute Gasteiger partial charge is 0.385 e. The molecule has 1 aromatic rings. The van der Waals surface area contributed by atoms with Gasteiger partial charge in [0.1, 0.15) is 0 Å². The highest BCUT2D eigenvalue weighted by Crippen LogP contribution is 2.28. The number of anilines is 1. The van der Waals surface area contributed by atoms with E-state index in [1.165, 1.54) is 5.56 Å². The number of para-hydroxylation sites is 1. The fourth-order valence-electron chi connectivity index (χ4n) is 1.60. The SMILES string of the molecule is CCNc1c(C(=S)S)cccc1C(C)C. The Kier molecular flexibility index (Phi) is 4.61. The van der Waals surface area contributed by atoms with Crippen LogP contribution in [-0.2, 0) is 0 Å². The van der Waals surface area contributed by atoms with E-state index in [-0.39, 0.29) is 0 Å². The summed E-state index contributed by atoms with van der Waals surface area (Å²) < 4.78 is 0.647. The van der Waals surface area contributed by atoms with Crippen molar-refractivity contribution in [2.75, 3.05) is 11.9 Å². The third-order valence-corrected chi connectivity index (χ3v) is 2.76. The van der Waals surface area contributed by atoms with Crippen LogP contribution in [0.2, 0.25) is 0 Å². The predicted octanol–water partition coefficient (Wildman–Crippen LogP) is 3.85. The van der Waals surface area contributed by atoms with E-state index in [1.807, 2.05) is 12.1 Å². The molecule has 1 aromatic carbocycles. The topological polar surface area (TPSA) is 12.0 Å². The van der Waals surface area contributed by atoms with E-state index >= 15 is 0 Å². The molecule has 82 valence electrons. The monoisotopic (exact) mass is 239 g/mol. The van der Waals surface area contributed by atoms with E-state index in [1.54, 1.807) is 0 Å². The van der Waals surface area contributed by atoms with Crippen molar-refractivity contribution in [1.82, 2.24) is 0 Å². The molecule has 15 heavy (non-hydrogen) atoms. The van der Waals surface area contributed by atoms with Crippen molar-refractivity contribution in [2.45, 2.75) is 26.7 Å². The molecule has 0 atom stereocenters. The summed E-state index contributed by atoms with van der Waals surface area (Å²) in [6.45, 7) is 7.35. The average Bonchev–Trinajstić information content (AvgIpc) is 2.17. The van der Waals surface area contributed by atoms with Crippen molar-refractivity contribution in [1.29, 1.82) is 0 Å². The minimum absolute atomic E-state index is 0.488. The maximum atomic E-state index is 5.13. The Morgan fingerprint density at radius 3 is 2.60 bits per heavy atom. The molecule has 0 aliphatic rings. The van der Waals surface area contributed by atoms with Crippen molar-refractivity contribution in [3.63, 3.8) is 0 Å². The van der Waals surface area contributed by atoms with Crippen molar-refractivity contribution < 1.29 is 0 Å². The van der Waals surface area contributed by atoms with E-state index in [0.29, 0.717) is 10.1 Å². The lowest BCUT2D eigenvalue weighted by molar-refractivity contribution is 0.866. The summed E-state index contributed by atoms with van der Waals surface area (Å²) in [6.07, 6.45) is 0. The first-order valence-corrected chi connectivity index (χ1v) is 6.03. The lowest BCUT2D eigenvalue weighted by Gasteiger charge is -2.17. The fraction of sp³-hybridized carbons (Fsp3) is 0.417. The quantitative estimate of drug-likeness (QED) is 0.611. The minimum Gasteiger partial charge on any atom is -0.385 e. The van der Waals surface area contributed by atoms with Gasteiger partial charge in [0.2, 0.25) is 0 Å². The molecule has 0 saturated carbocycles. The molecule has 0 spiro atoms. The number of benzene rings is 1. The van der Waals surface area contributed by atoms with Gasteiger partial charge in [-0.15, -0.1) is 12.6 Å². The van der Waals surface area contributed by atoms with Gasteiger partial charge in [-0.25, -0.2) is 0 Å². The molecular weight excluding hydrogens is 222 g/mol. The molecule has 0 saturated heterocycles. The highest BCUT2D eigenvalue weighted by Gasteiger charge is 2.11. The molecule has 0 bridgehead atoms. The average molecular weight is 239 g/mol.